The van der Waals surface area contributed by atoms with Crippen LogP contribution >= 0.6 is 0 Å². The average molecular weight is 252 g/mol. The van der Waals surface area contributed by atoms with Crippen molar-refractivity contribution >= 4 is 11.8 Å². The number of nitrogens with one attached hydrogen (secondary N) is 1. The van der Waals surface area contributed by atoms with Crippen molar-refractivity contribution < 1.29 is 9.59 Å². The molecule has 0 spiro atoms. The molecule has 0 atom stereocenters. The van der Waals surface area contributed by atoms with Crippen LogP contribution in [0.1, 0.15) is 39.0 Å². The number of carbonyl (C=O) groups is 2. The lowest BCUT2D eigenvalue weighted by atomic mass is 9.95. The predicted octanol–water partition coefficient (Wildman–Crippen LogP) is 1.72. The summed E-state index contributed by atoms with van der Waals surface area (Å²) in [4.78, 5) is 25.5. The number of carbonyl (C=O) groups excluding carboxylic acids is 2. The van der Waals surface area contributed by atoms with Crippen LogP contribution in [-0.2, 0) is 9.59 Å². The fourth-order valence-electron chi connectivity index (χ4n) is 2.19. The Labute approximate surface area is 109 Å². The van der Waals surface area contributed by atoms with E-state index >= 15 is 0 Å². The van der Waals surface area contributed by atoms with E-state index in [9.17, 15) is 9.59 Å². The molecule has 4 heteroatoms. The van der Waals surface area contributed by atoms with Gasteiger partial charge < -0.3 is 10.2 Å². The molecule has 1 aliphatic rings. The van der Waals surface area contributed by atoms with Crippen molar-refractivity contribution in [1.29, 1.82) is 0 Å². The number of piperidine rings is 1. The van der Waals surface area contributed by atoms with Crippen molar-refractivity contribution in [2.24, 2.45) is 5.92 Å². The molecule has 1 N–H and O–H groups in total. The number of likely N-dealkylation sites (tertiary alicyclic amines) is 1. The van der Waals surface area contributed by atoms with Gasteiger partial charge in [-0.25, -0.2) is 0 Å². The Bertz CT molecular complexity index is 294. The Morgan fingerprint density at radius 1 is 1.39 bits per heavy atom. The molecule has 1 aliphatic heterocycles. The van der Waals surface area contributed by atoms with E-state index in [1.807, 2.05) is 4.90 Å². The first-order valence-electron chi connectivity index (χ1n) is 6.85. The van der Waals surface area contributed by atoms with E-state index in [0.717, 1.165) is 25.7 Å². The molecule has 0 unspecified atom stereocenters. The van der Waals surface area contributed by atoms with Crippen LogP contribution in [-0.4, -0.2) is 36.3 Å². The topological polar surface area (TPSA) is 49.4 Å². The van der Waals surface area contributed by atoms with Crippen LogP contribution in [0.3, 0.4) is 0 Å². The molecule has 0 saturated carbocycles. The summed E-state index contributed by atoms with van der Waals surface area (Å²) in [6.45, 7) is 7.62. The Balaban J connectivity index is 2.29. The molecule has 18 heavy (non-hydrogen) atoms. The van der Waals surface area contributed by atoms with Gasteiger partial charge in [-0.1, -0.05) is 19.4 Å². The Morgan fingerprint density at radius 2 is 2.06 bits per heavy atom. The van der Waals surface area contributed by atoms with E-state index in [-0.39, 0.29) is 17.7 Å². The summed E-state index contributed by atoms with van der Waals surface area (Å²) in [5.74, 6) is 0.387. The van der Waals surface area contributed by atoms with Crippen LogP contribution < -0.4 is 5.32 Å². The zero-order chi connectivity index (χ0) is 13.4. The molecule has 0 aromatic heterocycles. The van der Waals surface area contributed by atoms with Gasteiger partial charge in [0.1, 0.15) is 0 Å². The number of hydrogen-bond acceptors (Lipinski definition) is 2. The normalized spacial score (nSPS) is 16.4. The Morgan fingerprint density at radius 3 is 2.61 bits per heavy atom. The maximum atomic E-state index is 11.8. The largest absolute Gasteiger partial charge is 0.352 e. The van der Waals surface area contributed by atoms with Gasteiger partial charge in [-0.05, 0) is 19.3 Å². The molecular weight excluding hydrogens is 228 g/mol. The third-order valence-corrected chi connectivity index (χ3v) is 3.38. The van der Waals surface area contributed by atoms with Crippen LogP contribution in [0.4, 0.5) is 0 Å². The maximum absolute atomic E-state index is 11.8. The lowest BCUT2D eigenvalue weighted by Gasteiger charge is -2.31. The fraction of sp³-hybridized carbons (Fsp3) is 0.714. The summed E-state index contributed by atoms with van der Waals surface area (Å²) >= 11 is 0. The molecule has 0 aliphatic carbocycles. The van der Waals surface area contributed by atoms with Gasteiger partial charge in [0.2, 0.25) is 11.8 Å². The zero-order valence-corrected chi connectivity index (χ0v) is 11.3. The van der Waals surface area contributed by atoms with Crippen LogP contribution in [0.5, 0.6) is 0 Å². The van der Waals surface area contributed by atoms with Gasteiger partial charge >= 0.3 is 0 Å². The van der Waals surface area contributed by atoms with E-state index in [4.69, 9.17) is 0 Å². The molecule has 0 aromatic carbocycles. The second-order valence-corrected chi connectivity index (χ2v) is 4.79. The number of unbranched alkanes of at least 4 members (excludes halogenated alkanes) is 1. The summed E-state index contributed by atoms with van der Waals surface area (Å²) < 4.78 is 0. The first-order valence-corrected chi connectivity index (χ1v) is 6.85. The van der Waals surface area contributed by atoms with Crippen LogP contribution in [0.25, 0.3) is 0 Å². The molecule has 0 bridgehead atoms. The van der Waals surface area contributed by atoms with Crippen molar-refractivity contribution in [3.8, 4) is 0 Å². The van der Waals surface area contributed by atoms with E-state index < -0.39 is 0 Å². The average Bonchev–Trinajstić information content (AvgIpc) is 2.42. The van der Waals surface area contributed by atoms with Crippen molar-refractivity contribution in [2.45, 2.75) is 39.0 Å². The summed E-state index contributed by atoms with van der Waals surface area (Å²) in [6.07, 6.45) is 5.89. The van der Waals surface area contributed by atoms with Crippen LogP contribution in [0.15, 0.2) is 12.7 Å². The predicted molar refractivity (Wildman–Crippen MR) is 72.0 cm³/mol. The van der Waals surface area contributed by atoms with E-state index in [0.29, 0.717) is 26.1 Å². The van der Waals surface area contributed by atoms with Gasteiger partial charge in [-0.3, -0.25) is 9.59 Å². The van der Waals surface area contributed by atoms with Gasteiger partial charge in [-0.2, -0.15) is 0 Å². The van der Waals surface area contributed by atoms with Gasteiger partial charge in [0.05, 0.1) is 0 Å². The summed E-state index contributed by atoms with van der Waals surface area (Å²) in [7, 11) is 0. The van der Waals surface area contributed by atoms with Crippen molar-refractivity contribution in [3.05, 3.63) is 12.7 Å². The SMILES string of the molecule is C=CCNC(=O)C1CCN(C(=O)CCCC)CC1. The minimum absolute atomic E-state index is 0.0557. The highest BCUT2D eigenvalue weighted by Crippen LogP contribution is 2.18. The second kappa shape index (κ2) is 7.90. The molecule has 0 radical (unpaired) electrons. The quantitative estimate of drug-likeness (QED) is 0.732. The third kappa shape index (κ3) is 4.51. The molecule has 1 saturated heterocycles. The number of nitrogens with zero attached hydrogens (tertiary/aromatic N) is 1. The molecule has 1 fully saturated rings. The lowest BCUT2D eigenvalue weighted by molar-refractivity contribution is -0.135. The van der Waals surface area contributed by atoms with E-state index in [2.05, 4.69) is 18.8 Å². The number of amides is 2. The highest BCUT2D eigenvalue weighted by Gasteiger charge is 2.26. The second-order valence-electron chi connectivity index (χ2n) is 4.79. The Kier molecular flexibility index (Phi) is 6.47. The molecule has 4 nitrogen and oxygen atoms in total. The van der Waals surface area contributed by atoms with Gasteiger partial charge in [0.25, 0.3) is 0 Å². The molecule has 102 valence electrons. The van der Waals surface area contributed by atoms with Gasteiger partial charge in [0.15, 0.2) is 0 Å². The van der Waals surface area contributed by atoms with Crippen LogP contribution in [0, 0.1) is 5.92 Å². The standard InChI is InChI=1S/C14H24N2O2/c1-3-5-6-13(17)16-10-7-12(8-11-16)14(18)15-9-4-2/h4,12H,2-3,5-11H2,1H3,(H,15,18). The smallest absolute Gasteiger partial charge is 0.223 e. The number of rotatable bonds is 6. The highest BCUT2D eigenvalue weighted by molar-refractivity contribution is 5.80. The molecule has 1 rings (SSSR count). The third-order valence-electron chi connectivity index (χ3n) is 3.38. The summed E-state index contributed by atoms with van der Waals surface area (Å²) in [5, 5.41) is 2.82. The molecule has 1 heterocycles. The highest BCUT2D eigenvalue weighted by atomic mass is 16.2. The monoisotopic (exact) mass is 252 g/mol. The molecule has 0 aromatic rings. The van der Waals surface area contributed by atoms with E-state index in [1.54, 1.807) is 6.08 Å². The van der Waals surface area contributed by atoms with E-state index in [1.165, 1.54) is 0 Å². The van der Waals surface area contributed by atoms with Crippen LogP contribution in [0.2, 0.25) is 0 Å². The lowest BCUT2D eigenvalue weighted by Crippen LogP contribution is -2.43. The first-order chi connectivity index (χ1) is 8.69. The minimum atomic E-state index is 0.0557. The fourth-order valence-corrected chi connectivity index (χ4v) is 2.19. The molecule has 2 amide bonds. The minimum Gasteiger partial charge on any atom is -0.352 e. The Hall–Kier alpha value is -1.32. The zero-order valence-electron chi connectivity index (χ0n) is 11.3. The maximum Gasteiger partial charge on any atom is 0.223 e. The van der Waals surface area contributed by atoms with Crippen molar-refractivity contribution in [1.82, 2.24) is 10.2 Å². The first kappa shape index (κ1) is 14.7. The van der Waals surface area contributed by atoms with Gasteiger partial charge in [-0.15, -0.1) is 6.58 Å². The summed E-state index contributed by atoms with van der Waals surface area (Å²) in [5.41, 5.74) is 0. The van der Waals surface area contributed by atoms with Crippen molar-refractivity contribution in [3.63, 3.8) is 0 Å². The van der Waals surface area contributed by atoms with Gasteiger partial charge in [0, 0.05) is 32.0 Å². The molecular formula is C14H24N2O2. The summed E-state index contributed by atoms with van der Waals surface area (Å²) in [6, 6.07) is 0. The van der Waals surface area contributed by atoms with Crippen molar-refractivity contribution in [2.75, 3.05) is 19.6 Å². The number of hydrogen-bond donors (Lipinski definition) is 1.